The minimum atomic E-state index is -1.79. The molecule has 0 saturated heterocycles. The van der Waals surface area contributed by atoms with Crippen LogP contribution in [0, 0.1) is 6.92 Å². The van der Waals surface area contributed by atoms with Crippen LogP contribution in [0.15, 0.2) is 48.2 Å². The molecule has 8 heteroatoms. The highest BCUT2D eigenvalue weighted by Crippen LogP contribution is 2.29. The van der Waals surface area contributed by atoms with Gasteiger partial charge in [-0.05, 0) is 29.7 Å². The molecule has 2 atom stereocenters. The maximum atomic E-state index is 11.7. The number of aryl methyl sites for hydroxylation is 1. The van der Waals surface area contributed by atoms with Crippen molar-refractivity contribution in [1.29, 1.82) is 0 Å². The molecule has 0 radical (unpaired) electrons. The van der Waals surface area contributed by atoms with E-state index in [1.54, 1.807) is 37.4 Å². The number of amides is 1. The summed E-state index contributed by atoms with van der Waals surface area (Å²) in [6, 6.07) is 6.66. The van der Waals surface area contributed by atoms with Crippen molar-refractivity contribution in [3.05, 3.63) is 64.9 Å². The van der Waals surface area contributed by atoms with Gasteiger partial charge in [0, 0.05) is 25.0 Å². The van der Waals surface area contributed by atoms with Gasteiger partial charge in [0.25, 0.3) is 5.91 Å². The van der Waals surface area contributed by atoms with Gasteiger partial charge in [-0.15, -0.1) is 0 Å². The Bertz CT molecular complexity index is 865. The van der Waals surface area contributed by atoms with E-state index in [2.05, 4.69) is 10.3 Å². The number of nitrogens with one attached hydrogen (secondary N) is 1. The summed E-state index contributed by atoms with van der Waals surface area (Å²) in [7, 11) is 1.53. The van der Waals surface area contributed by atoms with Gasteiger partial charge >= 0.3 is 0 Å². The van der Waals surface area contributed by atoms with Crippen LogP contribution in [0.5, 0.6) is 0 Å². The molecule has 144 valence electrons. The number of hydrogen-bond donors (Lipinski definition) is 6. The summed E-state index contributed by atoms with van der Waals surface area (Å²) in [6.45, 7) is 0.847. The number of benzene rings is 1. The lowest BCUT2D eigenvalue weighted by Crippen LogP contribution is -2.23. The molecule has 0 aliphatic rings. The van der Waals surface area contributed by atoms with Gasteiger partial charge in [0.1, 0.15) is 18.8 Å². The van der Waals surface area contributed by atoms with Crippen molar-refractivity contribution in [2.24, 2.45) is 0 Å². The van der Waals surface area contributed by atoms with Crippen LogP contribution in [0.25, 0.3) is 11.1 Å². The first-order valence-electron chi connectivity index (χ1n) is 8.16. The quantitative estimate of drug-likeness (QED) is 0.416. The SMILES string of the molecule is CNC(=O)c1cncc(-c2ccc(C(O)C(O)C(O)=C(O)CO)c(C)c2)c1. The molecule has 1 amide bonds. The zero-order valence-electron chi connectivity index (χ0n) is 14.9. The van der Waals surface area contributed by atoms with Gasteiger partial charge in [-0.25, -0.2) is 0 Å². The molecule has 1 heterocycles. The highest BCUT2D eigenvalue weighted by atomic mass is 16.4. The van der Waals surface area contributed by atoms with Crippen molar-refractivity contribution in [2.45, 2.75) is 19.1 Å². The molecule has 1 aromatic carbocycles. The van der Waals surface area contributed by atoms with Crippen LogP contribution in [0.4, 0.5) is 0 Å². The molecular weight excluding hydrogens is 352 g/mol. The average molecular weight is 374 g/mol. The molecule has 0 bridgehead atoms. The van der Waals surface area contributed by atoms with Crippen LogP contribution >= 0.6 is 0 Å². The summed E-state index contributed by atoms with van der Waals surface area (Å²) in [4.78, 5) is 15.8. The molecule has 0 fully saturated rings. The third kappa shape index (κ3) is 4.43. The van der Waals surface area contributed by atoms with Gasteiger partial charge in [-0.1, -0.05) is 18.2 Å². The van der Waals surface area contributed by atoms with Crippen LogP contribution in [0.1, 0.15) is 27.6 Å². The van der Waals surface area contributed by atoms with Gasteiger partial charge in [0.15, 0.2) is 11.5 Å². The second kappa shape index (κ2) is 8.63. The first kappa shape index (κ1) is 20.4. The van der Waals surface area contributed by atoms with Gasteiger partial charge in [-0.2, -0.15) is 0 Å². The second-order valence-corrected chi connectivity index (χ2v) is 5.99. The molecule has 0 saturated carbocycles. The molecule has 2 rings (SSSR count). The van der Waals surface area contributed by atoms with Crippen molar-refractivity contribution in [2.75, 3.05) is 13.7 Å². The van der Waals surface area contributed by atoms with Gasteiger partial charge in [-0.3, -0.25) is 9.78 Å². The zero-order valence-corrected chi connectivity index (χ0v) is 14.9. The Balaban J connectivity index is 2.34. The Hall–Kier alpha value is -2.94. The van der Waals surface area contributed by atoms with Crippen molar-refractivity contribution >= 4 is 5.91 Å². The largest absolute Gasteiger partial charge is 0.506 e. The van der Waals surface area contributed by atoms with E-state index in [4.69, 9.17) is 5.11 Å². The van der Waals surface area contributed by atoms with Gasteiger partial charge in [0.2, 0.25) is 0 Å². The number of carbonyl (C=O) groups excluding carboxylic acids is 1. The minimum absolute atomic E-state index is 0.262. The van der Waals surface area contributed by atoms with Crippen LogP contribution in [0.3, 0.4) is 0 Å². The number of nitrogens with zero attached hydrogens (tertiary/aromatic N) is 1. The first-order valence-corrected chi connectivity index (χ1v) is 8.16. The molecule has 27 heavy (non-hydrogen) atoms. The van der Waals surface area contributed by atoms with Crippen LogP contribution < -0.4 is 5.32 Å². The van der Waals surface area contributed by atoms with E-state index in [1.807, 2.05) is 0 Å². The molecule has 0 spiro atoms. The molecule has 2 aromatic rings. The van der Waals surface area contributed by atoms with Gasteiger partial charge < -0.3 is 30.8 Å². The number of hydrogen-bond acceptors (Lipinski definition) is 7. The van der Waals surface area contributed by atoms with Crippen LogP contribution in [0.2, 0.25) is 0 Å². The van der Waals surface area contributed by atoms with Crippen molar-refractivity contribution < 1.29 is 30.3 Å². The highest BCUT2D eigenvalue weighted by Gasteiger charge is 2.26. The standard InChI is InChI=1S/C19H22N2O6/c1-10-5-11(12-6-13(8-21-7-12)19(27)20-2)3-4-14(10)16(24)18(26)17(25)15(23)9-22/h3-8,16,18,22-26H,9H2,1-2H3,(H,20,27). The van der Waals surface area contributed by atoms with E-state index >= 15 is 0 Å². The lowest BCUT2D eigenvalue weighted by atomic mass is 9.94. The maximum Gasteiger partial charge on any atom is 0.252 e. The fraction of sp³-hybridized carbons (Fsp3) is 0.263. The molecular formula is C19H22N2O6. The number of aliphatic hydroxyl groups is 5. The summed E-state index contributed by atoms with van der Waals surface area (Å²) in [5.41, 5.74) is 2.79. The molecule has 0 aliphatic carbocycles. The third-order valence-corrected chi connectivity index (χ3v) is 4.17. The summed E-state index contributed by atoms with van der Waals surface area (Å²) >= 11 is 0. The minimum Gasteiger partial charge on any atom is -0.506 e. The van der Waals surface area contributed by atoms with Crippen molar-refractivity contribution in [3.8, 4) is 11.1 Å². The summed E-state index contributed by atoms with van der Waals surface area (Å²) < 4.78 is 0. The monoisotopic (exact) mass is 374 g/mol. The average Bonchev–Trinajstić information content (AvgIpc) is 2.70. The molecule has 2 unspecified atom stereocenters. The fourth-order valence-electron chi connectivity index (χ4n) is 2.62. The molecule has 1 aromatic heterocycles. The number of carbonyl (C=O) groups is 1. The van der Waals surface area contributed by atoms with Crippen LogP contribution in [-0.4, -0.2) is 56.2 Å². The lowest BCUT2D eigenvalue weighted by Gasteiger charge is -2.20. The summed E-state index contributed by atoms with van der Waals surface area (Å²) in [5, 5.41) is 50.6. The number of aromatic nitrogens is 1. The molecule has 6 N–H and O–H groups in total. The zero-order chi connectivity index (χ0) is 20.1. The van der Waals surface area contributed by atoms with E-state index in [9.17, 15) is 25.2 Å². The summed E-state index contributed by atoms with van der Waals surface area (Å²) in [6.07, 6.45) is -0.255. The normalized spacial score (nSPS) is 14.3. The topological polar surface area (TPSA) is 143 Å². The van der Waals surface area contributed by atoms with E-state index in [-0.39, 0.29) is 5.91 Å². The number of pyridine rings is 1. The van der Waals surface area contributed by atoms with Crippen molar-refractivity contribution in [1.82, 2.24) is 10.3 Å². The maximum absolute atomic E-state index is 11.7. The predicted octanol–water partition coefficient (Wildman–Crippen LogP) is 1.13. The van der Waals surface area contributed by atoms with E-state index < -0.39 is 30.3 Å². The van der Waals surface area contributed by atoms with Crippen LogP contribution in [-0.2, 0) is 0 Å². The Morgan fingerprint density at radius 3 is 2.44 bits per heavy atom. The second-order valence-electron chi connectivity index (χ2n) is 5.99. The summed E-state index contributed by atoms with van der Waals surface area (Å²) in [5.74, 6) is -1.97. The molecule has 8 nitrogen and oxygen atoms in total. The molecule has 0 aliphatic heterocycles. The van der Waals surface area contributed by atoms with E-state index in [0.717, 1.165) is 5.56 Å². The predicted molar refractivity (Wildman–Crippen MR) is 98.1 cm³/mol. The van der Waals surface area contributed by atoms with E-state index in [1.165, 1.54) is 13.2 Å². The number of rotatable bonds is 6. The van der Waals surface area contributed by atoms with Gasteiger partial charge in [0.05, 0.1) is 5.56 Å². The smallest absolute Gasteiger partial charge is 0.252 e. The first-order chi connectivity index (χ1) is 12.8. The Morgan fingerprint density at radius 1 is 1.15 bits per heavy atom. The lowest BCUT2D eigenvalue weighted by molar-refractivity contribution is 0.0104. The Morgan fingerprint density at radius 2 is 1.85 bits per heavy atom. The van der Waals surface area contributed by atoms with E-state index in [0.29, 0.717) is 22.3 Å². The Kier molecular flexibility index (Phi) is 6.51. The highest BCUT2D eigenvalue weighted by molar-refractivity contribution is 5.94. The Labute approximate surface area is 156 Å². The van der Waals surface area contributed by atoms with Crippen molar-refractivity contribution in [3.63, 3.8) is 0 Å². The third-order valence-electron chi connectivity index (χ3n) is 4.17. The number of aliphatic hydroxyl groups excluding tert-OH is 5. The fourth-order valence-corrected chi connectivity index (χ4v) is 2.62.